The topological polar surface area (TPSA) is 84.4 Å². The Morgan fingerprint density at radius 1 is 1.28 bits per heavy atom. The Kier molecular flexibility index (Phi) is 4.07. The first-order chi connectivity index (χ1) is 12.2. The molecule has 7 nitrogen and oxygen atoms in total. The molecule has 1 aliphatic rings. The van der Waals surface area contributed by atoms with E-state index in [4.69, 9.17) is 8.94 Å². The molecule has 3 heterocycles. The molecular formula is C18H18N4O3. The largest absolute Gasteiger partial charge is 0.459 e. The van der Waals surface area contributed by atoms with E-state index < -0.39 is 0 Å². The van der Waals surface area contributed by atoms with Crippen LogP contribution in [0.3, 0.4) is 0 Å². The Morgan fingerprint density at radius 3 is 2.92 bits per heavy atom. The van der Waals surface area contributed by atoms with Gasteiger partial charge in [0, 0.05) is 6.54 Å². The van der Waals surface area contributed by atoms with Crippen LogP contribution in [0.2, 0.25) is 0 Å². The van der Waals surface area contributed by atoms with Gasteiger partial charge >= 0.3 is 0 Å². The van der Waals surface area contributed by atoms with Crippen LogP contribution in [0, 0.1) is 0 Å². The lowest BCUT2D eigenvalue weighted by Gasteiger charge is -2.32. The zero-order valence-electron chi connectivity index (χ0n) is 13.8. The average Bonchev–Trinajstić information content (AvgIpc) is 3.30. The van der Waals surface area contributed by atoms with E-state index in [9.17, 15) is 4.79 Å². The van der Waals surface area contributed by atoms with E-state index in [0.29, 0.717) is 23.9 Å². The Labute approximate surface area is 144 Å². The molecule has 0 saturated carbocycles. The molecule has 4 rings (SSSR count). The van der Waals surface area contributed by atoms with E-state index in [-0.39, 0.29) is 18.5 Å². The van der Waals surface area contributed by atoms with E-state index in [0.717, 1.165) is 6.54 Å². The van der Waals surface area contributed by atoms with Crippen molar-refractivity contribution in [1.29, 1.82) is 0 Å². The van der Waals surface area contributed by atoms with Crippen molar-refractivity contribution in [2.75, 3.05) is 7.05 Å². The molecule has 7 heteroatoms. The number of hydrogen-bond donors (Lipinski definition) is 1. The van der Waals surface area contributed by atoms with Gasteiger partial charge in [-0.1, -0.05) is 29.4 Å². The lowest BCUT2D eigenvalue weighted by atomic mass is 9.94. The summed E-state index contributed by atoms with van der Waals surface area (Å²) in [6.07, 6.45) is 2.24. The van der Waals surface area contributed by atoms with Crippen LogP contribution >= 0.6 is 0 Å². The van der Waals surface area contributed by atoms with E-state index >= 15 is 0 Å². The fraction of sp³-hybridized carbons (Fsp3) is 0.278. The lowest BCUT2D eigenvalue weighted by molar-refractivity contribution is -0.126. The van der Waals surface area contributed by atoms with Crippen molar-refractivity contribution < 1.29 is 13.7 Å². The van der Waals surface area contributed by atoms with Crippen molar-refractivity contribution in [3.05, 3.63) is 59.6 Å². The lowest BCUT2D eigenvalue weighted by Crippen LogP contribution is -2.48. The smallest absolute Gasteiger partial charge is 0.293 e. The Bertz CT molecular complexity index is 872. The summed E-state index contributed by atoms with van der Waals surface area (Å²) in [6, 6.07) is 11.5. The quantitative estimate of drug-likeness (QED) is 0.783. The van der Waals surface area contributed by atoms with Gasteiger partial charge in [0.25, 0.3) is 5.89 Å². The number of likely N-dealkylation sites (N-methyl/N-ethyl adjacent to an activating group) is 1. The first kappa shape index (κ1) is 15.6. The third kappa shape index (κ3) is 3.18. The number of benzene rings is 1. The predicted molar refractivity (Wildman–Crippen MR) is 89.2 cm³/mol. The molecule has 3 aromatic rings. The van der Waals surface area contributed by atoms with Crippen LogP contribution in [0.4, 0.5) is 0 Å². The molecule has 0 bridgehead atoms. The average molecular weight is 338 g/mol. The Morgan fingerprint density at radius 2 is 2.12 bits per heavy atom. The van der Waals surface area contributed by atoms with E-state index in [1.807, 2.05) is 19.2 Å². The van der Waals surface area contributed by atoms with Crippen LogP contribution in [0.1, 0.15) is 17.0 Å². The Hall–Kier alpha value is -2.93. The van der Waals surface area contributed by atoms with Crippen molar-refractivity contribution in [3.63, 3.8) is 0 Å². The number of hydrogen-bond acceptors (Lipinski definition) is 6. The molecular weight excluding hydrogens is 320 g/mol. The van der Waals surface area contributed by atoms with Gasteiger partial charge in [-0.05, 0) is 36.7 Å². The molecule has 2 aromatic heterocycles. The second-order valence-electron chi connectivity index (χ2n) is 6.11. The number of nitrogens with zero attached hydrogens (tertiary/aromatic N) is 3. The molecule has 25 heavy (non-hydrogen) atoms. The first-order valence-corrected chi connectivity index (χ1v) is 8.12. The molecule has 1 amide bonds. The normalized spacial score (nSPS) is 17.2. The van der Waals surface area contributed by atoms with Crippen molar-refractivity contribution in [2.24, 2.45) is 0 Å². The van der Waals surface area contributed by atoms with Crippen molar-refractivity contribution >= 4 is 5.91 Å². The van der Waals surface area contributed by atoms with Gasteiger partial charge in [-0.2, -0.15) is 4.98 Å². The van der Waals surface area contributed by atoms with Gasteiger partial charge < -0.3 is 14.3 Å². The minimum atomic E-state index is -0.202. The molecule has 0 spiro atoms. The number of nitrogens with one attached hydrogen (secondary N) is 1. The van der Waals surface area contributed by atoms with Crippen LogP contribution in [0.15, 0.2) is 51.6 Å². The fourth-order valence-electron chi connectivity index (χ4n) is 3.06. The SMILES string of the molecule is CN1Cc2ccccc2C[C@H]1C(=O)NCc1noc(-c2ccco2)n1. The number of carbonyl (C=O) groups excluding carboxylic acids is 1. The summed E-state index contributed by atoms with van der Waals surface area (Å²) < 4.78 is 10.3. The van der Waals surface area contributed by atoms with Crippen LogP contribution in [-0.4, -0.2) is 34.0 Å². The van der Waals surface area contributed by atoms with Crippen LogP contribution < -0.4 is 5.32 Å². The molecule has 0 aliphatic carbocycles. The molecule has 0 unspecified atom stereocenters. The summed E-state index contributed by atoms with van der Waals surface area (Å²) in [6.45, 7) is 0.980. The first-order valence-electron chi connectivity index (χ1n) is 8.12. The minimum Gasteiger partial charge on any atom is -0.459 e. The number of aromatic nitrogens is 2. The third-order valence-electron chi connectivity index (χ3n) is 4.41. The molecule has 1 N–H and O–H groups in total. The van der Waals surface area contributed by atoms with E-state index in [1.54, 1.807) is 12.1 Å². The predicted octanol–water partition coefficient (Wildman–Crippen LogP) is 2.00. The van der Waals surface area contributed by atoms with Gasteiger partial charge in [-0.15, -0.1) is 0 Å². The zero-order valence-corrected chi connectivity index (χ0v) is 13.8. The third-order valence-corrected chi connectivity index (χ3v) is 4.41. The van der Waals surface area contributed by atoms with Crippen LogP contribution in [0.5, 0.6) is 0 Å². The van der Waals surface area contributed by atoms with Crippen LogP contribution in [0.25, 0.3) is 11.7 Å². The number of carbonyl (C=O) groups is 1. The molecule has 128 valence electrons. The molecule has 0 fully saturated rings. The summed E-state index contributed by atoms with van der Waals surface area (Å²) in [7, 11) is 1.96. The summed E-state index contributed by atoms with van der Waals surface area (Å²) >= 11 is 0. The zero-order chi connectivity index (χ0) is 17.2. The summed E-state index contributed by atoms with van der Waals surface area (Å²) in [5, 5.41) is 6.76. The summed E-state index contributed by atoms with van der Waals surface area (Å²) in [5.41, 5.74) is 2.50. The van der Waals surface area contributed by atoms with Crippen LogP contribution in [-0.2, 0) is 24.3 Å². The number of fused-ring (bicyclic) bond motifs is 1. The number of amides is 1. The molecule has 1 aromatic carbocycles. The van der Waals surface area contributed by atoms with Crippen molar-refractivity contribution in [3.8, 4) is 11.7 Å². The van der Waals surface area contributed by atoms with Crippen molar-refractivity contribution in [2.45, 2.75) is 25.6 Å². The molecule has 1 atom stereocenters. The van der Waals surface area contributed by atoms with Gasteiger partial charge in [0.15, 0.2) is 11.6 Å². The molecule has 1 aliphatic heterocycles. The van der Waals surface area contributed by atoms with E-state index in [2.05, 4.69) is 32.5 Å². The second kappa shape index (κ2) is 6.52. The highest BCUT2D eigenvalue weighted by atomic mass is 16.5. The highest BCUT2D eigenvalue weighted by Crippen LogP contribution is 2.22. The highest BCUT2D eigenvalue weighted by molar-refractivity contribution is 5.82. The highest BCUT2D eigenvalue weighted by Gasteiger charge is 2.28. The second-order valence-corrected chi connectivity index (χ2v) is 6.11. The van der Waals surface area contributed by atoms with Gasteiger partial charge in [0.2, 0.25) is 5.91 Å². The van der Waals surface area contributed by atoms with Gasteiger partial charge in [0.1, 0.15) is 0 Å². The Balaban J connectivity index is 1.39. The monoisotopic (exact) mass is 338 g/mol. The number of rotatable bonds is 4. The summed E-state index contributed by atoms with van der Waals surface area (Å²) in [4.78, 5) is 18.9. The fourth-order valence-corrected chi connectivity index (χ4v) is 3.06. The number of furan rings is 1. The summed E-state index contributed by atoms with van der Waals surface area (Å²) in [5.74, 6) is 1.19. The maximum absolute atomic E-state index is 12.6. The maximum Gasteiger partial charge on any atom is 0.293 e. The maximum atomic E-state index is 12.6. The molecule has 0 radical (unpaired) electrons. The standard InChI is InChI=1S/C18H18N4O3/c1-22-11-13-6-3-2-5-12(13)9-14(22)17(23)19-10-16-20-18(25-21-16)15-7-4-8-24-15/h2-8,14H,9-11H2,1H3,(H,19,23)/t14-/m0/s1. The van der Waals surface area contributed by atoms with Gasteiger partial charge in [-0.25, -0.2) is 0 Å². The van der Waals surface area contributed by atoms with Gasteiger partial charge in [0.05, 0.1) is 18.8 Å². The minimum absolute atomic E-state index is 0.0404. The molecule has 0 saturated heterocycles. The van der Waals surface area contributed by atoms with Gasteiger partial charge in [-0.3, -0.25) is 9.69 Å². The van der Waals surface area contributed by atoms with Crippen molar-refractivity contribution in [1.82, 2.24) is 20.4 Å². The van der Waals surface area contributed by atoms with E-state index in [1.165, 1.54) is 17.4 Å².